The van der Waals surface area contributed by atoms with E-state index in [0.29, 0.717) is 23.6 Å². The minimum absolute atomic E-state index is 0.279. The van der Waals surface area contributed by atoms with E-state index >= 15 is 0 Å². The molecule has 0 atom stereocenters. The van der Waals surface area contributed by atoms with Crippen molar-refractivity contribution in [3.05, 3.63) is 64.7 Å². The number of hydrogen-bond donors (Lipinski definition) is 1. The lowest BCUT2D eigenvalue weighted by Gasteiger charge is -2.35. The van der Waals surface area contributed by atoms with Crippen molar-refractivity contribution in [2.45, 2.75) is 39.2 Å². The van der Waals surface area contributed by atoms with Crippen molar-refractivity contribution < 1.29 is 13.2 Å². The number of nitrogens with one attached hydrogen (secondary N) is 1. The number of carbonyl (C=O) groups excluding carboxylic acids is 1. The van der Waals surface area contributed by atoms with Gasteiger partial charge in [0.15, 0.2) is 0 Å². The summed E-state index contributed by atoms with van der Waals surface area (Å²) in [5.41, 5.74) is 1.65. The van der Waals surface area contributed by atoms with Gasteiger partial charge in [-0.1, -0.05) is 55.8 Å². The largest absolute Gasteiger partial charge is 0.345 e. The number of para-hydroxylation sites is 1. The Balaban J connectivity index is 2.32. The molecule has 0 saturated heterocycles. The molecule has 1 amide bonds. The molecular weight excluding hydrogens is 396 g/mol. The van der Waals surface area contributed by atoms with E-state index in [1.165, 1.54) is 0 Å². The molecule has 0 aliphatic rings. The van der Waals surface area contributed by atoms with Crippen molar-refractivity contribution in [3.8, 4) is 0 Å². The quantitative estimate of drug-likeness (QED) is 0.691. The van der Waals surface area contributed by atoms with Crippen LogP contribution in [0.5, 0.6) is 0 Å². The summed E-state index contributed by atoms with van der Waals surface area (Å²) in [6.45, 7) is 5.53. The fraction of sp³-hybridized carbons (Fsp3) is 0.381. The molecule has 0 fully saturated rings. The van der Waals surface area contributed by atoms with Crippen LogP contribution in [0.3, 0.4) is 0 Å². The van der Waals surface area contributed by atoms with Crippen LogP contribution in [0.2, 0.25) is 5.02 Å². The van der Waals surface area contributed by atoms with Crippen molar-refractivity contribution in [3.63, 3.8) is 0 Å². The first-order valence-corrected chi connectivity index (χ1v) is 11.5. The van der Waals surface area contributed by atoms with Gasteiger partial charge in [0.1, 0.15) is 6.54 Å². The summed E-state index contributed by atoms with van der Waals surface area (Å²) in [5.74, 6) is -0.354. The minimum atomic E-state index is -3.62. The molecule has 0 unspecified atom stereocenters. The first-order chi connectivity index (χ1) is 13.1. The Kier molecular flexibility index (Phi) is 7.12. The lowest BCUT2D eigenvalue weighted by molar-refractivity contribution is -0.121. The maximum atomic E-state index is 12.9. The van der Waals surface area contributed by atoms with E-state index in [4.69, 9.17) is 11.6 Å². The van der Waals surface area contributed by atoms with Gasteiger partial charge in [-0.25, -0.2) is 8.42 Å². The van der Waals surface area contributed by atoms with Gasteiger partial charge in [0.2, 0.25) is 15.9 Å². The Morgan fingerprint density at radius 2 is 1.64 bits per heavy atom. The molecule has 2 rings (SSSR count). The molecule has 0 bridgehead atoms. The lowest BCUT2D eigenvalue weighted by atomic mass is 9.84. The van der Waals surface area contributed by atoms with Crippen LogP contribution in [0.4, 0.5) is 5.69 Å². The molecule has 0 spiro atoms. The van der Waals surface area contributed by atoms with Crippen molar-refractivity contribution >= 4 is 33.2 Å². The monoisotopic (exact) mass is 422 g/mol. The minimum Gasteiger partial charge on any atom is -0.345 e. The summed E-state index contributed by atoms with van der Waals surface area (Å²) >= 11 is 5.99. The molecule has 7 heteroatoms. The average molecular weight is 423 g/mol. The predicted molar refractivity (Wildman–Crippen MR) is 115 cm³/mol. The molecular formula is C21H27ClN2O3S. The van der Waals surface area contributed by atoms with Crippen molar-refractivity contribution in [1.82, 2.24) is 5.32 Å². The molecule has 0 saturated carbocycles. The van der Waals surface area contributed by atoms with Crippen LogP contribution in [-0.2, 0) is 20.4 Å². The molecule has 0 aromatic heterocycles. The van der Waals surface area contributed by atoms with Crippen molar-refractivity contribution in [1.29, 1.82) is 0 Å². The maximum Gasteiger partial charge on any atom is 0.241 e. The second-order valence-corrected chi connectivity index (χ2v) is 9.24. The zero-order chi connectivity index (χ0) is 20.9. The Labute approximate surface area is 172 Å². The van der Waals surface area contributed by atoms with Gasteiger partial charge < -0.3 is 5.32 Å². The molecule has 0 heterocycles. The predicted octanol–water partition coefficient (Wildman–Crippen LogP) is 4.25. The van der Waals surface area contributed by atoms with Crippen LogP contribution in [0, 0.1) is 6.92 Å². The number of amides is 1. The van der Waals surface area contributed by atoms with E-state index in [1.54, 1.807) is 24.3 Å². The van der Waals surface area contributed by atoms with E-state index in [9.17, 15) is 13.2 Å². The molecule has 0 radical (unpaired) electrons. The Hall–Kier alpha value is -2.05. The second kappa shape index (κ2) is 8.97. The summed E-state index contributed by atoms with van der Waals surface area (Å²) < 4.78 is 25.9. The van der Waals surface area contributed by atoms with E-state index in [2.05, 4.69) is 5.32 Å². The second-order valence-electron chi connectivity index (χ2n) is 6.90. The molecule has 5 nitrogen and oxygen atoms in total. The Bertz CT molecular complexity index is 923. The smallest absolute Gasteiger partial charge is 0.241 e. The summed E-state index contributed by atoms with van der Waals surface area (Å²) in [4.78, 5) is 12.9. The SMILES string of the molecule is CCC(CC)(NC(=O)CN(c1ccccc1C)S(C)(=O)=O)c1ccc(Cl)cc1. The normalized spacial score (nSPS) is 11.9. The number of carbonyl (C=O) groups is 1. The van der Waals surface area contributed by atoms with E-state index in [0.717, 1.165) is 21.7 Å². The van der Waals surface area contributed by atoms with E-state index < -0.39 is 15.6 Å². The molecule has 1 N–H and O–H groups in total. The van der Waals surface area contributed by atoms with Crippen LogP contribution in [0.1, 0.15) is 37.8 Å². The van der Waals surface area contributed by atoms with Crippen molar-refractivity contribution in [2.75, 3.05) is 17.1 Å². The fourth-order valence-electron chi connectivity index (χ4n) is 3.34. The van der Waals surface area contributed by atoms with Crippen LogP contribution in [-0.4, -0.2) is 27.1 Å². The standard InChI is InChI=1S/C21H27ClN2O3S/c1-5-21(6-2,17-11-13-18(22)14-12-17)23-20(25)15-24(28(4,26)27)19-10-8-7-9-16(19)3/h7-14H,5-6,15H2,1-4H3,(H,23,25). The van der Waals surface area contributed by atoms with Gasteiger partial charge in [0.25, 0.3) is 0 Å². The van der Waals surface area contributed by atoms with Crippen LogP contribution in [0.15, 0.2) is 48.5 Å². The molecule has 2 aromatic carbocycles. The fourth-order valence-corrected chi connectivity index (χ4v) is 4.38. The molecule has 28 heavy (non-hydrogen) atoms. The first-order valence-electron chi connectivity index (χ1n) is 9.23. The third-order valence-electron chi connectivity index (χ3n) is 5.05. The number of sulfonamides is 1. The number of hydrogen-bond acceptors (Lipinski definition) is 3. The Morgan fingerprint density at radius 1 is 1.07 bits per heavy atom. The van der Waals surface area contributed by atoms with Gasteiger partial charge in [-0.05, 0) is 49.1 Å². The van der Waals surface area contributed by atoms with Crippen molar-refractivity contribution in [2.24, 2.45) is 0 Å². The number of rotatable bonds is 8. The molecule has 0 aliphatic carbocycles. The average Bonchev–Trinajstić information content (AvgIpc) is 2.65. The summed E-state index contributed by atoms with van der Waals surface area (Å²) in [5, 5.41) is 3.69. The highest BCUT2D eigenvalue weighted by atomic mass is 35.5. The Morgan fingerprint density at radius 3 is 2.14 bits per heavy atom. The zero-order valence-corrected chi connectivity index (χ0v) is 18.3. The number of aryl methyl sites for hydroxylation is 1. The molecule has 2 aromatic rings. The maximum absolute atomic E-state index is 12.9. The number of nitrogens with zero attached hydrogens (tertiary/aromatic N) is 1. The zero-order valence-electron chi connectivity index (χ0n) is 16.7. The van der Waals surface area contributed by atoms with Gasteiger partial charge in [-0.2, -0.15) is 0 Å². The van der Waals surface area contributed by atoms with Gasteiger partial charge in [0.05, 0.1) is 17.5 Å². The van der Waals surface area contributed by atoms with E-state index in [-0.39, 0.29) is 12.5 Å². The van der Waals surface area contributed by atoms with Gasteiger partial charge >= 0.3 is 0 Å². The molecule has 0 aliphatic heterocycles. The molecule has 152 valence electrons. The third-order valence-corrected chi connectivity index (χ3v) is 6.43. The highest BCUT2D eigenvalue weighted by Gasteiger charge is 2.32. The van der Waals surface area contributed by atoms with Gasteiger partial charge in [0, 0.05) is 5.02 Å². The number of halogens is 1. The topological polar surface area (TPSA) is 66.5 Å². The first kappa shape index (κ1) is 22.2. The van der Waals surface area contributed by atoms with Crippen LogP contribution in [0.25, 0.3) is 0 Å². The highest BCUT2D eigenvalue weighted by molar-refractivity contribution is 7.92. The van der Waals surface area contributed by atoms with Gasteiger partial charge in [-0.15, -0.1) is 0 Å². The van der Waals surface area contributed by atoms with Crippen LogP contribution >= 0.6 is 11.6 Å². The van der Waals surface area contributed by atoms with Crippen LogP contribution < -0.4 is 9.62 Å². The highest BCUT2D eigenvalue weighted by Crippen LogP contribution is 2.30. The summed E-state index contributed by atoms with van der Waals surface area (Å²) in [6.07, 6.45) is 2.44. The van der Waals surface area contributed by atoms with E-state index in [1.807, 2.05) is 45.0 Å². The summed E-state index contributed by atoms with van der Waals surface area (Å²) in [6, 6.07) is 14.5. The third kappa shape index (κ3) is 5.06. The number of anilines is 1. The van der Waals surface area contributed by atoms with Gasteiger partial charge in [-0.3, -0.25) is 9.10 Å². The number of benzene rings is 2. The lowest BCUT2D eigenvalue weighted by Crippen LogP contribution is -2.49. The summed E-state index contributed by atoms with van der Waals surface area (Å²) in [7, 11) is -3.62.